The van der Waals surface area contributed by atoms with Gasteiger partial charge in [0, 0.05) is 5.92 Å². The van der Waals surface area contributed by atoms with Crippen molar-refractivity contribution < 1.29 is 14.3 Å². The normalized spacial score (nSPS) is 28.9. The minimum Gasteiger partial charge on any atom is -0.500 e. The van der Waals surface area contributed by atoms with Gasteiger partial charge < -0.3 is 9.47 Å². The summed E-state index contributed by atoms with van der Waals surface area (Å²) >= 11 is 0. The molecule has 1 fully saturated rings. The lowest BCUT2D eigenvalue weighted by Crippen LogP contribution is -2.47. The lowest BCUT2D eigenvalue weighted by molar-refractivity contribution is -0.166. The van der Waals surface area contributed by atoms with Gasteiger partial charge in [-0.1, -0.05) is 75.2 Å². The second-order valence-corrected chi connectivity index (χ2v) is 9.85. The van der Waals surface area contributed by atoms with Crippen LogP contribution in [0.25, 0.3) is 0 Å². The number of hydrogen-bond donors (Lipinski definition) is 0. The number of ether oxygens (including phenoxy) is 2. The summed E-state index contributed by atoms with van der Waals surface area (Å²) in [6, 6.07) is 10.6. The minimum absolute atomic E-state index is 0.0880. The summed E-state index contributed by atoms with van der Waals surface area (Å²) in [6.07, 6.45) is 10.1. The molecule has 0 saturated heterocycles. The van der Waals surface area contributed by atoms with Crippen molar-refractivity contribution in [2.75, 3.05) is 7.11 Å². The number of rotatable bonds is 7. The van der Waals surface area contributed by atoms with E-state index in [0.29, 0.717) is 18.1 Å². The highest BCUT2D eigenvalue weighted by atomic mass is 16.5. The summed E-state index contributed by atoms with van der Waals surface area (Å²) in [5, 5.41) is 0. The quantitative estimate of drug-likeness (QED) is 0.360. The fourth-order valence-corrected chi connectivity index (χ4v) is 5.57. The highest BCUT2D eigenvalue weighted by Crippen LogP contribution is 2.47. The number of allylic oxidation sites excluding steroid dienone is 3. The van der Waals surface area contributed by atoms with E-state index in [4.69, 9.17) is 9.47 Å². The molecule has 4 atom stereocenters. The van der Waals surface area contributed by atoms with E-state index in [1.165, 1.54) is 5.56 Å². The molecule has 1 aromatic carbocycles. The maximum Gasteiger partial charge on any atom is 0.324 e. The van der Waals surface area contributed by atoms with Gasteiger partial charge >= 0.3 is 5.97 Å². The van der Waals surface area contributed by atoms with Crippen LogP contribution in [-0.2, 0) is 19.7 Å². The molecule has 1 aromatic rings. The highest BCUT2D eigenvalue weighted by Gasteiger charge is 2.49. The smallest absolute Gasteiger partial charge is 0.324 e. The van der Waals surface area contributed by atoms with E-state index in [0.717, 1.165) is 31.3 Å². The fraction of sp³-hybridized carbons (Fsp3) is 0.536. The first-order chi connectivity index (χ1) is 14.8. The summed E-state index contributed by atoms with van der Waals surface area (Å²) < 4.78 is 12.1. The highest BCUT2D eigenvalue weighted by molar-refractivity contribution is 5.85. The molecule has 0 radical (unpaired) electrons. The molecule has 31 heavy (non-hydrogen) atoms. The van der Waals surface area contributed by atoms with Crippen molar-refractivity contribution in [1.82, 2.24) is 0 Å². The SMILES string of the molecule is C=CCC1(C(=O)O[C@@H]2C[C@H](C)CC[C@H]2C(C)(C)c2ccccc2)C(C)=CCC=C1OC. The molecule has 0 heterocycles. The zero-order chi connectivity index (χ0) is 22.6. The van der Waals surface area contributed by atoms with E-state index in [2.05, 4.69) is 63.8 Å². The lowest BCUT2D eigenvalue weighted by atomic mass is 9.64. The Morgan fingerprint density at radius 2 is 1.94 bits per heavy atom. The Morgan fingerprint density at radius 1 is 1.23 bits per heavy atom. The zero-order valence-corrected chi connectivity index (χ0v) is 19.8. The molecule has 168 valence electrons. The Labute approximate surface area is 188 Å². The Bertz CT molecular complexity index is 848. The van der Waals surface area contributed by atoms with Crippen LogP contribution in [0.15, 0.2) is 66.5 Å². The summed E-state index contributed by atoms with van der Waals surface area (Å²) in [7, 11) is 1.64. The summed E-state index contributed by atoms with van der Waals surface area (Å²) in [6.45, 7) is 12.8. The van der Waals surface area contributed by atoms with Crippen molar-refractivity contribution in [1.29, 1.82) is 0 Å². The van der Waals surface area contributed by atoms with Crippen molar-refractivity contribution in [2.24, 2.45) is 17.3 Å². The van der Waals surface area contributed by atoms with Crippen LogP contribution in [0.3, 0.4) is 0 Å². The number of hydrogen-bond acceptors (Lipinski definition) is 3. The molecule has 0 aliphatic heterocycles. The summed E-state index contributed by atoms with van der Waals surface area (Å²) in [4.78, 5) is 13.8. The van der Waals surface area contributed by atoms with Gasteiger partial charge in [-0.3, -0.25) is 4.79 Å². The first-order valence-electron chi connectivity index (χ1n) is 11.6. The van der Waals surface area contributed by atoms with E-state index in [9.17, 15) is 4.79 Å². The molecule has 0 N–H and O–H groups in total. The van der Waals surface area contributed by atoms with Gasteiger partial charge in [0.25, 0.3) is 0 Å². The van der Waals surface area contributed by atoms with Gasteiger partial charge in [0.15, 0.2) is 0 Å². The van der Waals surface area contributed by atoms with Gasteiger partial charge in [-0.15, -0.1) is 6.58 Å². The maximum absolute atomic E-state index is 13.8. The van der Waals surface area contributed by atoms with Crippen LogP contribution in [0.2, 0.25) is 0 Å². The van der Waals surface area contributed by atoms with Crippen LogP contribution < -0.4 is 0 Å². The van der Waals surface area contributed by atoms with Crippen molar-refractivity contribution in [3.63, 3.8) is 0 Å². The molecule has 0 bridgehead atoms. The second kappa shape index (κ2) is 9.46. The molecular formula is C28H38O3. The van der Waals surface area contributed by atoms with Crippen LogP contribution in [0, 0.1) is 17.3 Å². The third kappa shape index (κ3) is 4.37. The topological polar surface area (TPSA) is 35.5 Å². The number of methoxy groups -OCH3 is 1. The Kier molecular flexibility index (Phi) is 7.13. The van der Waals surface area contributed by atoms with Crippen molar-refractivity contribution in [3.8, 4) is 0 Å². The molecule has 3 nitrogen and oxygen atoms in total. The minimum atomic E-state index is -0.906. The Hall–Kier alpha value is -2.29. The lowest BCUT2D eigenvalue weighted by Gasteiger charge is -2.45. The molecule has 3 rings (SSSR count). The van der Waals surface area contributed by atoms with Gasteiger partial charge in [-0.25, -0.2) is 0 Å². The van der Waals surface area contributed by atoms with Gasteiger partial charge in [0.1, 0.15) is 17.3 Å². The molecule has 1 unspecified atom stereocenters. The number of carbonyl (C=O) groups is 1. The van der Waals surface area contributed by atoms with Gasteiger partial charge in [0.05, 0.1) is 7.11 Å². The van der Waals surface area contributed by atoms with Gasteiger partial charge in [-0.05, 0) is 55.6 Å². The van der Waals surface area contributed by atoms with E-state index < -0.39 is 5.41 Å². The van der Waals surface area contributed by atoms with Crippen LogP contribution >= 0.6 is 0 Å². The van der Waals surface area contributed by atoms with E-state index in [1.54, 1.807) is 13.2 Å². The fourth-order valence-electron chi connectivity index (χ4n) is 5.57. The predicted molar refractivity (Wildman–Crippen MR) is 127 cm³/mol. The van der Waals surface area contributed by atoms with Crippen molar-refractivity contribution in [2.45, 2.75) is 71.3 Å². The molecule has 1 saturated carbocycles. The van der Waals surface area contributed by atoms with Gasteiger partial charge in [-0.2, -0.15) is 0 Å². The van der Waals surface area contributed by atoms with Crippen LogP contribution in [0.5, 0.6) is 0 Å². The molecule has 0 aromatic heterocycles. The van der Waals surface area contributed by atoms with Gasteiger partial charge in [0.2, 0.25) is 0 Å². The average molecular weight is 423 g/mol. The number of benzene rings is 1. The molecule has 0 amide bonds. The first kappa shape index (κ1) is 23.4. The molecule has 2 aliphatic rings. The van der Waals surface area contributed by atoms with Crippen LogP contribution in [0.4, 0.5) is 0 Å². The average Bonchev–Trinajstić information content (AvgIpc) is 2.75. The van der Waals surface area contributed by atoms with E-state index in [-0.39, 0.29) is 23.4 Å². The van der Waals surface area contributed by atoms with Crippen LogP contribution in [-0.4, -0.2) is 19.2 Å². The second-order valence-electron chi connectivity index (χ2n) is 9.85. The number of esters is 1. The molecular weight excluding hydrogens is 384 g/mol. The van der Waals surface area contributed by atoms with Crippen molar-refractivity contribution >= 4 is 5.97 Å². The Balaban J connectivity index is 1.94. The summed E-state index contributed by atoms with van der Waals surface area (Å²) in [5.74, 6) is 1.28. The maximum atomic E-state index is 13.8. The Morgan fingerprint density at radius 3 is 2.58 bits per heavy atom. The molecule has 2 aliphatic carbocycles. The van der Waals surface area contributed by atoms with E-state index >= 15 is 0 Å². The standard InChI is InChI=1S/C28H38O3/c1-7-18-28(21(3)12-11-15-25(28)30-6)26(29)31-24-19-20(2)16-17-23(24)27(4,5)22-13-9-8-10-14-22/h7-10,12-15,20,23-24H,1,11,16-19H2,2-6H3/t20-,23-,24-,28?/m1/s1. The van der Waals surface area contributed by atoms with E-state index in [1.807, 2.05) is 13.0 Å². The molecule has 3 heteroatoms. The first-order valence-corrected chi connectivity index (χ1v) is 11.6. The third-order valence-electron chi connectivity index (χ3n) is 7.60. The zero-order valence-electron chi connectivity index (χ0n) is 19.8. The summed E-state index contributed by atoms with van der Waals surface area (Å²) in [5.41, 5.74) is 1.29. The van der Waals surface area contributed by atoms with Crippen molar-refractivity contribution in [3.05, 3.63) is 72.0 Å². The molecule has 0 spiro atoms. The predicted octanol–water partition coefficient (Wildman–Crippen LogP) is 6.76. The van der Waals surface area contributed by atoms with Crippen LogP contribution in [0.1, 0.15) is 65.4 Å². The third-order valence-corrected chi connectivity index (χ3v) is 7.60. The largest absolute Gasteiger partial charge is 0.500 e. The number of carbonyl (C=O) groups excluding carboxylic acids is 1. The monoisotopic (exact) mass is 422 g/mol.